The summed E-state index contributed by atoms with van der Waals surface area (Å²) in [6.45, 7) is 0. The number of methoxy groups -OCH3 is 1. The molecule has 11 nitrogen and oxygen atoms in total. The van der Waals surface area contributed by atoms with Gasteiger partial charge < -0.3 is 30.9 Å². The highest BCUT2D eigenvalue weighted by molar-refractivity contribution is 6.24. The minimum absolute atomic E-state index is 0.00435. The van der Waals surface area contributed by atoms with E-state index in [1.807, 2.05) is 0 Å². The molecule has 38 heavy (non-hydrogen) atoms. The van der Waals surface area contributed by atoms with Crippen molar-refractivity contribution < 1.29 is 39.5 Å². The lowest BCUT2D eigenvalue weighted by Gasteiger charge is -2.50. The molecule has 11 heteroatoms. The minimum atomic E-state index is -2.68. The number of hydrogen-bond donors (Lipinski definition) is 5. The number of aliphatic hydroxyl groups excluding tert-OH is 2. The van der Waals surface area contributed by atoms with E-state index >= 15 is 0 Å². The molecule has 0 bridgehead atoms. The summed E-state index contributed by atoms with van der Waals surface area (Å²) in [6, 6.07) is 3.55. The van der Waals surface area contributed by atoms with Crippen LogP contribution in [0.1, 0.15) is 17.5 Å². The number of ketones is 2. The normalized spacial score (nSPS) is 26.7. The number of ether oxygens (including phenoxy) is 1. The fourth-order valence-electron chi connectivity index (χ4n) is 6.26. The lowest BCUT2D eigenvalue weighted by molar-refractivity contribution is -0.153. The molecule has 5 rings (SSSR count). The first kappa shape index (κ1) is 25.4. The Morgan fingerprint density at radius 2 is 1.87 bits per heavy atom. The summed E-state index contributed by atoms with van der Waals surface area (Å²) in [5.74, 6) is -6.40. The Labute approximate surface area is 217 Å². The molecule has 0 unspecified atom stereocenters. The molecule has 4 atom stereocenters. The molecule has 1 fully saturated rings. The van der Waals surface area contributed by atoms with E-state index in [1.165, 1.54) is 18.1 Å². The molecule has 1 saturated carbocycles. The third-order valence-corrected chi connectivity index (χ3v) is 7.90. The SMILES string of the molecule is COc1ccncc1-c1ccc(O)c2c1C[C@H]1C[C@H]3[C@H](N(C)C)C(=O)C(C(N)=O)=C(O)[C@@]3(O)C(=O)C1=C2O. The van der Waals surface area contributed by atoms with Crippen molar-refractivity contribution in [2.24, 2.45) is 17.6 Å². The number of nitrogens with zero attached hydrogens (tertiary/aromatic N) is 2. The number of hydrogen-bond acceptors (Lipinski definition) is 10. The van der Waals surface area contributed by atoms with Gasteiger partial charge in [-0.3, -0.25) is 24.3 Å². The Balaban J connectivity index is 1.75. The molecule has 3 aliphatic rings. The molecule has 1 amide bonds. The second-order valence-electron chi connectivity index (χ2n) is 10.0. The monoisotopic (exact) mass is 521 g/mol. The number of Topliss-reactive ketones (excluding diaryl/α,β-unsaturated/α-hetero) is 2. The molecule has 3 aliphatic carbocycles. The average Bonchev–Trinajstić information content (AvgIpc) is 2.86. The van der Waals surface area contributed by atoms with Crippen LogP contribution in [0.5, 0.6) is 11.5 Å². The minimum Gasteiger partial charge on any atom is -0.508 e. The fraction of sp³-hybridized carbons (Fsp3) is 0.333. The third kappa shape index (κ3) is 3.28. The molecule has 0 spiro atoms. The van der Waals surface area contributed by atoms with Crippen molar-refractivity contribution in [2.45, 2.75) is 24.5 Å². The third-order valence-electron chi connectivity index (χ3n) is 7.90. The number of pyridine rings is 1. The van der Waals surface area contributed by atoms with Gasteiger partial charge in [-0.1, -0.05) is 6.07 Å². The Kier molecular flexibility index (Phi) is 5.80. The molecule has 0 radical (unpaired) electrons. The number of benzene rings is 1. The summed E-state index contributed by atoms with van der Waals surface area (Å²) in [5.41, 5.74) is 3.37. The number of phenolic OH excluding ortho intramolecular Hbond substituents is 1. The van der Waals surface area contributed by atoms with Crippen molar-refractivity contribution in [3.63, 3.8) is 0 Å². The fourth-order valence-corrected chi connectivity index (χ4v) is 6.26. The van der Waals surface area contributed by atoms with Gasteiger partial charge in [-0.05, 0) is 56.1 Å². The highest BCUT2D eigenvalue weighted by atomic mass is 16.5. The first-order chi connectivity index (χ1) is 17.9. The summed E-state index contributed by atoms with van der Waals surface area (Å²) >= 11 is 0. The number of aromatic nitrogens is 1. The summed E-state index contributed by atoms with van der Waals surface area (Å²) < 4.78 is 5.47. The Bertz CT molecular complexity index is 1480. The molecule has 1 aromatic carbocycles. The van der Waals surface area contributed by atoms with Crippen LogP contribution in [0.2, 0.25) is 0 Å². The first-order valence-corrected chi connectivity index (χ1v) is 11.9. The van der Waals surface area contributed by atoms with Crippen LogP contribution in [0.3, 0.4) is 0 Å². The molecule has 1 aromatic heterocycles. The first-order valence-electron chi connectivity index (χ1n) is 11.9. The lowest BCUT2D eigenvalue weighted by atomic mass is 9.57. The van der Waals surface area contributed by atoms with E-state index in [4.69, 9.17) is 10.5 Å². The second kappa shape index (κ2) is 8.67. The number of carbonyl (C=O) groups is 3. The van der Waals surface area contributed by atoms with Crippen LogP contribution in [0.15, 0.2) is 47.5 Å². The number of nitrogens with two attached hydrogens (primary N) is 1. The van der Waals surface area contributed by atoms with Gasteiger partial charge in [0.15, 0.2) is 11.4 Å². The van der Waals surface area contributed by atoms with Crippen molar-refractivity contribution in [3.8, 4) is 22.6 Å². The highest BCUT2D eigenvalue weighted by Gasteiger charge is 2.64. The van der Waals surface area contributed by atoms with E-state index in [0.717, 1.165) is 0 Å². The summed E-state index contributed by atoms with van der Waals surface area (Å²) in [6.07, 6.45) is 3.32. The van der Waals surface area contributed by atoms with Crippen molar-refractivity contribution in [1.29, 1.82) is 0 Å². The summed E-state index contributed by atoms with van der Waals surface area (Å²) in [5, 5.41) is 44.7. The maximum absolute atomic E-state index is 13.9. The van der Waals surface area contributed by atoms with Crippen molar-refractivity contribution in [1.82, 2.24) is 9.88 Å². The van der Waals surface area contributed by atoms with E-state index in [-0.39, 0.29) is 29.7 Å². The Hall–Kier alpha value is -4.22. The van der Waals surface area contributed by atoms with Gasteiger partial charge >= 0.3 is 0 Å². The molecule has 2 aromatic rings. The van der Waals surface area contributed by atoms with Gasteiger partial charge in [-0.2, -0.15) is 0 Å². The van der Waals surface area contributed by atoms with E-state index in [2.05, 4.69) is 4.98 Å². The van der Waals surface area contributed by atoms with Crippen LogP contribution in [0.25, 0.3) is 16.9 Å². The van der Waals surface area contributed by atoms with E-state index < -0.39 is 58.0 Å². The number of rotatable bonds is 4. The number of primary amides is 1. The van der Waals surface area contributed by atoms with Crippen molar-refractivity contribution >= 4 is 23.2 Å². The van der Waals surface area contributed by atoms with E-state index in [0.29, 0.717) is 22.4 Å². The maximum Gasteiger partial charge on any atom is 0.255 e. The van der Waals surface area contributed by atoms with E-state index in [9.17, 15) is 34.8 Å². The number of aromatic hydroxyl groups is 1. The molecular formula is C27H27N3O8. The molecule has 0 saturated heterocycles. The largest absolute Gasteiger partial charge is 0.508 e. The average molecular weight is 522 g/mol. The number of likely N-dealkylation sites (N-methyl/N-ethyl adjacent to an activating group) is 1. The summed E-state index contributed by atoms with van der Waals surface area (Å²) in [4.78, 5) is 44.8. The lowest BCUT2D eigenvalue weighted by Crippen LogP contribution is -2.65. The summed E-state index contributed by atoms with van der Waals surface area (Å²) in [7, 11) is 4.61. The predicted molar refractivity (Wildman–Crippen MR) is 134 cm³/mol. The van der Waals surface area contributed by atoms with Crippen LogP contribution in [-0.4, -0.2) is 80.6 Å². The highest BCUT2D eigenvalue weighted by Crippen LogP contribution is 2.53. The number of aliphatic hydroxyl groups is 3. The van der Waals surface area contributed by atoms with Crippen LogP contribution < -0.4 is 10.5 Å². The molecule has 198 valence electrons. The number of carbonyl (C=O) groups excluding carboxylic acids is 3. The standard InChI is InChI=1S/C27H27N3O8/c1-30(2)21-15-9-11-8-13-12(14-10-29-7-6-17(14)38-3)4-5-16(31)19(13)22(32)18(11)24(34)27(15,37)25(35)20(23(21)33)26(28)36/h4-7,10-11,15,21,31-32,35,37H,8-9H2,1-3H3,(H2,28,36)/t11-,15-,21-,27-/m0/s1. The van der Waals surface area contributed by atoms with Gasteiger partial charge in [-0.15, -0.1) is 0 Å². The zero-order valence-corrected chi connectivity index (χ0v) is 20.9. The molecule has 6 N–H and O–H groups in total. The van der Waals surface area contributed by atoms with Gasteiger partial charge in [0.25, 0.3) is 5.91 Å². The zero-order chi connectivity index (χ0) is 27.7. The van der Waals surface area contributed by atoms with Crippen LogP contribution in [0, 0.1) is 11.8 Å². The Morgan fingerprint density at radius 3 is 2.50 bits per heavy atom. The number of phenols is 1. The number of fused-ring (bicyclic) bond motifs is 3. The van der Waals surface area contributed by atoms with Crippen molar-refractivity contribution in [3.05, 3.63) is 58.6 Å². The molecule has 0 aliphatic heterocycles. The molecular weight excluding hydrogens is 494 g/mol. The quantitative estimate of drug-likeness (QED) is 0.364. The smallest absolute Gasteiger partial charge is 0.255 e. The maximum atomic E-state index is 13.9. The van der Waals surface area contributed by atoms with E-state index in [1.54, 1.807) is 38.6 Å². The van der Waals surface area contributed by atoms with Crippen LogP contribution in [-0.2, 0) is 20.8 Å². The Morgan fingerprint density at radius 1 is 1.16 bits per heavy atom. The van der Waals surface area contributed by atoms with Crippen LogP contribution >= 0.6 is 0 Å². The zero-order valence-electron chi connectivity index (χ0n) is 20.9. The van der Waals surface area contributed by atoms with Gasteiger partial charge in [0, 0.05) is 29.4 Å². The van der Waals surface area contributed by atoms with Gasteiger partial charge in [0.2, 0.25) is 5.78 Å². The van der Waals surface area contributed by atoms with Gasteiger partial charge in [-0.25, -0.2) is 0 Å². The predicted octanol–water partition coefficient (Wildman–Crippen LogP) is 1.03. The van der Waals surface area contributed by atoms with Crippen LogP contribution in [0.4, 0.5) is 0 Å². The van der Waals surface area contributed by atoms with Gasteiger partial charge in [0.1, 0.15) is 28.6 Å². The van der Waals surface area contributed by atoms with Crippen molar-refractivity contribution in [2.75, 3.05) is 21.2 Å². The molecule has 1 heterocycles. The number of amides is 1. The second-order valence-corrected chi connectivity index (χ2v) is 10.0. The van der Waals surface area contributed by atoms with Gasteiger partial charge in [0.05, 0.1) is 18.7 Å². The topological polar surface area (TPSA) is 184 Å².